The van der Waals surface area contributed by atoms with Crippen LogP contribution in [0, 0.1) is 5.82 Å². The van der Waals surface area contributed by atoms with Gasteiger partial charge in [-0.1, -0.05) is 15.9 Å². The van der Waals surface area contributed by atoms with E-state index in [0.29, 0.717) is 12.8 Å². The number of benzene rings is 1. The number of carbonyl (C=O) groups excluding carboxylic acids is 1. The van der Waals surface area contributed by atoms with Gasteiger partial charge in [-0.3, -0.25) is 4.79 Å². The van der Waals surface area contributed by atoms with E-state index >= 15 is 0 Å². The molecule has 0 atom stereocenters. The summed E-state index contributed by atoms with van der Waals surface area (Å²) in [6.07, 6.45) is 1.69. The average molecular weight is 243 g/mol. The van der Waals surface area contributed by atoms with Crippen LogP contribution in [-0.4, -0.2) is 5.78 Å². The molecule has 0 saturated carbocycles. The van der Waals surface area contributed by atoms with Gasteiger partial charge < -0.3 is 0 Å². The summed E-state index contributed by atoms with van der Waals surface area (Å²) in [5.41, 5.74) is 1.92. The standard InChI is InChI=1S/C10H8BrFO/c11-10-5-7(12)3-6-4-8(13)1-2-9(6)10/h3,5H,1-2,4H2. The quantitative estimate of drug-likeness (QED) is 0.684. The lowest BCUT2D eigenvalue weighted by atomic mass is 9.91. The molecule has 13 heavy (non-hydrogen) atoms. The minimum absolute atomic E-state index is 0.199. The molecular formula is C10H8BrFO. The number of hydrogen-bond acceptors (Lipinski definition) is 1. The zero-order valence-corrected chi connectivity index (χ0v) is 8.53. The van der Waals surface area contributed by atoms with Crippen molar-refractivity contribution >= 4 is 21.7 Å². The van der Waals surface area contributed by atoms with E-state index in [4.69, 9.17) is 0 Å². The van der Waals surface area contributed by atoms with Gasteiger partial charge in [0.15, 0.2) is 0 Å². The van der Waals surface area contributed by atoms with Crippen LogP contribution in [0.1, 0.15) is 17.5 Å². The number of halogens is 2. The first-order valence-corrected chi connectivity index (χ1v) is 4.94. The van der Waals surface area contributed by atoms with Gasteiger partial charge in [0, 0.05) is 17.3 Å². The van der Waals surface area contributed by atoms with E-state index in [2.05, 4.69) is 15.9 Å². The molecule has 1 aromatic carbocycles. The van der Waals surface area contributed by atoms with Crippen LogP contribution in [0.4, 0.5) is 4.39 Å². The van der Waals surface area contributed by atoms with Gasteiger partial charge >= 0.3 is 0 Å². The Bertz CT molecular complexity index is 373. The summed E-state index contributed by atoms with van der Waals surface area (Å²) in [4.78, 5) is 11.1. The van der Waals surface area contributed by atoms with Crippen LogP contribution in [-0.2, 0) is 17.6 Å². The Morgan fingerprint density at radius 1 is 1.31 bits per heavy atom. The summed E-state index contributed by atoms with van der Waals surface area (Å²) in [5, 5.41) is 0. The molecule has 0 radical (unpaired) electrons. The summed E-state index contributed by atoms with van der Waals surface area (Å²) < 4.78 is 13.7. The molecular weight excluding hydrogens is 235 g/mol. The second-order valence-electron chi connectivity index (χ2n) is 3.24. The molecule has 0 saturated heterocycles. The molecule has 0 aromatic heterocycles. The molecule has 1 aromatic rings. The molecule has 0 fully saturated rings. The molecule has 1 nitrogen and oxygen atoms in total. The fourth-order valence-corrected chi connectivity index (χ4v) is 2.33. The number of carbonyl (C=O) groups is 1. The molecule has 0 unspecified atom stereocenters. The molecule has 0 heterocycles. The van der Waals surface area contributed by atoms with E-state index in [0.717, 1.165) is 22.0 Å². The van der Waals surface area contributed by atoms with Gasteiger partial charge in [-0.25, -0.2) is 4.39 Å². The van der Waals surface area contributed by atoms with Crippen LogP contribution in [0.2, 0.25) is 0 Å². The fourth-order valence-electron chi connectivity index (χ4n) is 1.66. The molecule has 0 bridgehead atoms. The van der Waals surface area contributed by atoms with E-state index in [1.54, 1.807) is 0 Å². The maximum Gasteiger partial charge on any atom is 0.137 e. The van der Waals surface area contributed by atoms with E-state index in [-0.39, 0.29) is 11.6 Å². The van der Waals surface area contributed by atoms with Crippen molar-refractivity contribution in [3.63, 3.8) is 0 Å². The maximum absolute atomic E-state index is 12.9. The van der Waals surface area contributed by atoms with Crippen molar-refractivity contribution in [2.45, 2.75) is 19.3 Å². The van der Waals surface area contributed by atoms with Crippen molar-refractivity contribution in [1.82, 2.24) is 0 Å². The van der Waals surface area contributed by atoms with E-state index < -0.39 is 0 Å². The number of ketones is 1. The number of hydrogen-bond donors (Lipinski definition) is 0. The van der Waals surface area contributed by atoms with Gasteiger partial charge in [0.2, 0.25) is 0 Å². The largest absolute Gasteiger partial charge is 0.299 e. The third kappa shape index (κ3) is 1.66. The van der Waals surface area contributed by atoms with Gasteiger partial charge in [-0.15, -0.1) is 0 Å². The highest BCUT2D eigenvalue weighted by Crippen LogP contribution is 2.27. The van der Waals surface area contributed by atoms with Crippen molar-refractivity contribution in [2.24, 2.45) is 0 Å². The van der Waals surface area contributed by atoms with Gasteiger partial charge in [0.1, 0.15) is 11.6 Å². The summed E-state index contributed by atoms with van der Waals surface area (Å²) >= 11 is 3.30. The molecule has 68 valence electrons. The highest BCUT2D eigenvalue weighted by atomic mass is 79.9. The van der Waals surface area contributed by atoms with Gasteiger partial charge in [-0.05, 0) is 29.7 Å². The molecule has 0 amide bonds. The molecule has 2 rings (SSSR count). The average Bonchev–Trinajstić information content (AvgIpc) is 2.02. The van der Waals surface area contributed by atoms with Crippen molar-refractivity contribution in [3.05, 3.63) is 33.5 Å². The third-order valence-corrected chi connectivity index (χ3v) is 3.00. The van der Waals surface area contributed by atoms with E-state index in [1.165, 1.54) is 12.1 Å². The van der Waals surface area contributed by atoms with Crippen LogP contribution < -0.4 is 0 Å². The van der Waals surface area contributed by atoms with Crippen LogP contribution >= 0.6 is 15.9 Å². The first-order chi connectivity index (χ1) is 6.16. The number of fused-ring (bicyclic) bond motifs is 1. The molecule has 1 aliphatic carbocycles. The summed E-state index contributed by atoms with van der Waals surface area (Å²) in [6, 6.07) is 2.91. The smallest absolute Gasteiger partial charge is 0.137 e. The zero-order valence-electron chi connectivity index (χ0n) is 6.94. The Kier molecular flexibility index (Phi) is 2.20. The predicted molar refractivity (Wildman–Crippen MR) is 51.1 cm³/mol. The second-order valence-corrected chi connectivity index (χ2v) is 4.10. The highest BCUT2D eigenvalue weighted by Gasteiger charge is 2.18. The Labute approximate surface area is 84.1 Å². The maximum atomic E-state index is 12.9. The molecule has 0 aliphatic heterocycles. The minimum Gasteiger partial charge on any atom is -0.299 e. The van der Waals surface area contributed by atoms with E-state index in [1.807, 2.05) is 0 Å². The SMILES string of the molecule is O=C1CCc2c(Br)cc(F)cc2C1. The molecule has 3 heteroatoms. The predicted octanol–water partition coefficient (Wildman–Crippen LogP) is 2.65. The summed E-state index contributed by atoms with van der Waals surface area (Å²) in [6.45, 7) is 0. The Balaban J connectivity index is 2.53. The monoisotopic (exact) mass is 242 g/mol. The molecule has 0 N–H and O–H groups in total. The lowest BCUT2D eigenvalue weighted by Gasteiger charge is -2.16. The zero-order chi connectivity index (χ0) is 9.42. The van der Waals surface area contributed by atoms with Crippen molar-refractivity contribution in [1.29, 1.82) is 0 Å². The van der Waals surface area contributed by atoms with Crippen LogP contribution in [0.3, 0.4) is 0 Å². The normalized spacial score (nSPS) is 15.7. The van der Waals surface area contributed by atoms with Crippen LogP contribution in [0.5, 0.6) is 0 Å². The first-order valence-electron chi connectivity index (χ1n) is 4.15. The van der Waals surface area contributed by atoms with Gasteiger partial charge in [-0.2, -0.15) is 0 Å². The Morgan fingerprint density at radius 3 is 2.85 bits per heavy atom. The summed E-state index contributed by atoms with van der Waals surface area (Å²) in [5.74, 6) is -0.0784. The van der Waals surface area contributed by atoms with Gasteiger partial charge in [0.25, 0.3) is 0 Å². The fraction of sp³-hybridized carbons (Fsp3) is 0.300. The highest BCUT2D eigenvalue weighted by molar-refractivity contribution is 9.10. The van der Waals surface area contributed by atoms with Crippen molar-refractivity contribution < 1.29 is 9.18 Å². The second kappa shape index (κ2) is 3.22. The Hall–Kier alpha value is -0.700. The van der Waals surface area contributed by atoms with Gasteiger partial charge in [0.05, 0.1) is 0 Å². The minimum atomic E-state index is -0.277. The van der Waals surface area contributed by atoms with Crippen LogP contribution in [0.15, 0.2) is 16.6 Å². The van der Waals surface area contributed by atoms with Crippen molar-refractivity contribution in [2.75, 3.05) is 0 Å². The van der Waals surface area contributed by atoms with E-state index in [9.17, 15) is 9.18 Å². The van der Waals surface area contributed by atoms with Crippen LogP contribution in [0.25, 0.3) is 0 Å². The molecule has 0 spiro atoms. The van der Waals surface area contributed by atoms with Crippen molar-refractivity contribution in [3.8, 4) is 0 Å². The third-order valence-electron chi connectivity index (χ3n) is 2.29. The molecule has 1 aliphatic rings. The lowest BCUT2D eigenvalue weighted by molar-refractivity contribution is -0.118. The summed E-state index contributed by atoms with van der Waals surface area (Å²) in [7, 11) is 0. The number of Topliss-reactive ketones (excluding diaryl/α,β-unsaturated/α-hetero) is 1. The lowest BCUT2D eigenvalue weighted by Crippen LogP contribution is -2.13. The topological polar surface area (TPSA) is 17.1 Å². The number of rotatable bonds is 0. The Morgan fingerprint density at radius 2 is 2.08 bits per heavy atom. The first kappa shape index (κ1) is 8.88.